The fraction of sp³-hybridized carbons (Fsp3) is 0.500. The zero-order valence-electron chi connectivity index (χ0n) is 22.6. The van der Waals surface area contributed by atoms with E-state index in [0.717, 1.165) is 30.4 Å². The monoisotopic (exact) mass is 547 g/mol. The molecule has 1 aromatic rings. The number of Topliss-reactive ketones (excluding diaryl/α,β-unsaturated/α-hetero) is 1. The highest BCUT2D eigenvalue weighted by Gasteiger charge is 2.52. The first-order valence-electron chi connectivity index (χ1n) is 13.8. The van der Waals surface area contributed by atoms with Crippen LogP contribution in [0, 0.1) is 30.1 Å². The summed E-state index contributed by atoms with van der Waals surface area (Å²) in [6.07, 6.45) is 10.9. The Labute approximate surface area is 234 Å². The first kappa shape index (κ1) is 28.9. The van der Waals surface area contributed by atoms with E-state index in [0.29, 0.717) is 19.4 Å². The van der Waals surface area contributed by atoms with Gasteiger partial charge in [-0.3, -0.25) is 19.2 Å². The van der Waals surface area contributed by atoms with E-state index in [4.69, 9.17) is 12.2 Å². The van der Waals surface area contributed by atoms with Crippen LogP contribution in [0.2, 0.25) is 0 Å². The number of fused-ring (bicyclic) bond motifs is 2. The van der Waals surface area contributed by atoms with Crippen molar-refractivity contribution >= 4 is 29.5 Å². The number of carbonyl (C=O) groups excluding carboxylic acids is 5. The second kappa shape index (κ2) is 12.8. The number of ketones is 1. The summed E-state index contributed by atoms with van der Waals surface area (Å²) in [7, 11) is 0. The number of benzene rings is 1. The average molecular weight is 548 g/mol. The van der Waals surface area contributed by atoms with Crippen LogP contribution in [0.25, 0.3) is 0 Å². The number of nitrogens with one attached hydrogen (secondary N) is 3. The Morgan fingerprint density at radius 3 is 2.45 bits per heavy atom. The molecule has 1 saturated heterocycles. The Kier molecular flexibility index (Phi) is 9.25. The minimum absolute atomic E-state index is 0.0862. The van der Waals surface area contributed by atoms with Gasteiger partial charge in [-0.2, -0.15) is 0 Å². The van der Waals surface area contributed by atoms with Crippen LogP contribution in [0.4, 0.5) is 4.79 Å². The zero-order chi connectivity index (χ0) is 28.8. The number of primary amides is 1. The second-order valence-electron chi connectivity index (χ2n) is 10.9. The Morgan fingerprint density at radius 1 is 1.12 bits per heavy atom. The topological polar surface area (TPSA) is 151 Å². The number of carbonyl (C=O) groups is 5. The van der Waals surface area contributed by atoms with Gasteiger partial charge < -0.3 is 26.6 Å². The number of rotatable bonds is 11. The molecule has 10 heteroatoms. The Hall–Kier alpha value is -4.13. The molecule has 10 nitrogen and oxygen atoms in total. The van der Waals surface area contributed by atoms with Crippen molar-refractivity contribution in [2.75, 3.05) is 13.1 Å². The largest absolute Gasteiger partial charge is 0.352 e. The van der Waals surface area contributed by atoms with Crippen LogP contribution in [0.15, 0.2) is 36.9 Å². The second-order valence-corrected chi connectivity index (χ2v) is 10.9. The lowest BCUT2D eigenvalue weighted by molar-refractivity contribution is -0.144. The smallest absolute Gasteiger partial charge is 0.312 e. The fourth-order valence-corrected chi connectivity index (χ4v) is 6.57. The van der Waals surface area contributed by atoms with Crippen LogP contribution in [0.1, 0.15) is 43.2 Å². The maximum atomic E-state index is 14.1. The van der Waals surface area contributed by atoms with Crippen LogP contribution in [-0.4, -0.2) is 65.7 Å². The molecule has 5 atom stereocenters. The maximum Gasteiger partial charge on any atom is 0.312 e. The first-order chi connectivity index (χ1) is 19.2. The van der Waals surface area contributed by atoms with Crippen molar-refractivity contribution in [3.63, 3.8) is 0 Å². The first-order valence-corrected chi connectivity index (χ1v) is 13.8. The highest BCUT2D eigenvalue weighted by molar-refractivity contribution is 6.38. The van der Waals surface area contributed by atoms with Gasteiger partial charge in [0.15, 0.2) is 0 Å². The minimum Gasteiger partial charge on any atom is -0.352 e. The van der Waals surface area contributed by atoms with Gasteiger partial charge in [0.05, 0.1) is 6.04 Å². The molecule has 0 aromatic heterocycles. The molecular weight excluding hydrogens is 510 g/mol. The number of likely N-dealkylation sites (tertiary alicyclic amines) is 1. The van der Waals surface area contributed by atoms with E-state index in [1.165, 1.54) is 6.08 Å². The Morgan fingerprint density at radius 2 is 1.82 bits per heavy atom. The van der Waals surface area contributed by atoms with Crippen LogP contribution >= 0.6 is 0 Å². The van der Waals surface area contributed by atoms with Crippen molar-refractivity contribution in [1.82, 2.24) is 20.9 Å². The third kappa shape index (κ3) is 6.19. The summed E-state index contributed by atoms with van der Waals surface area (Å²) in [5, 5.41) is 7.84. The Bertz CT molecular complexity index is 1200. The van der Waals surface area contributed by atoms with Gasteiger partial charge in [0.25, 0.3) is 5.91 Å². The molecule has 1 saturated carbocycles. The summed E-state index contributed by atoms with van der Waals surface area (Å²) < 4.78 is 0. The molecule has 5 N–H and O–H groups in total. The van der Waals surface area contributed by atoms with E-state index in [1.807, 2.05) is 24.3 Å². The molecule has 40 heavy (non-hydrogen) atoms. The number of terminal acetylenes is 1. The van der Waals surface area contributed by atoms with Crippen molar-refractivity contribution in [3.05, 3.63) is 48.0 Å². The summed E-state index contributed by atoms with van der Waals surface area (Å²) >= 11 is 0. The van der Waals surface area contributed by atoms with Crippen molar-refractivity contribution < 1.29 is 24.0 Å². The van der Waals surface area contributed by atoms with Crippen molar-refractivity contribution in [2.24, 2.45) is 23.5 Å². The molecule has 1 aromatic carbocycles. The lowest BCUT2D eigenvalue weighted by Crippen LogP contribution is -2.59. The quantitative estimate of drug-likeness (QED) is 0.184. The molecule has 0 radical (unpaired) electrons. The fourth-order valence-electron chi connectivity index (χ4n) is 6.57. The van der Waals surface area contributed by atoms with E-state index in [2.05, 4.69) is 28.4 Å². The number of urea groups is 1. The van der Waals surface area contributed by atoms with E-state index < -0.39 is 41.8 Å². The predicted molar refractivity (Wildman–Crippen MR) is 148 cm³/mol. The van der Waals surface area contributed by atoms with Gasteiger partial charge in [0.2, 0.25) is 17.6 Å². The summed E-state index contributed by atoms with van der Waals surface area (Å²) in [5.41, 5.74) is 7.74. The standard InChI is InChI=1S/C30H37N5O5/c1-3-5-13-23(26(36)28(38)32-14-4-2)33-27(37)25-22-12-8-11-20(22)17-35(25)29(39)24(34-30(31)40)21-15-18-9-6-7-10-19(18)16-21/h1,4,6-7,9-10,20-25H,2,5,8,11-17H2,(H,32,38)(H,33,37)(H3,31,34,40)/t20-,22-,23?,24-,25-/m0/s1. The molecule has 1 aliphatic heterocycles. The molecule has 4 rings (SSSR count). The number of nitrogens with zero attached hydrogens (tertiary/aromatic N) is 1. The number of hydrogen-bond donors (Lipinski definition) is 4. The van der Waals surface area contributed by atoms with E-state index in [1.54, 1.807) is 4.90 Å². The molecule has 0 bridgehead atoms. The van der Waals surface area contributed by atoms with Gasteiger partial charge >= 0.3 is 6.03 Å². The number of hydrogen-bond acceptors (Lipinski definition) is 5. The van der Waals surface area contributed by atoms with Crippen molar-refractivity contribution in [3.8, 4) is 12.3 Å². The van der Waals surface area contributed by atoms with Crippen LogP contribution in [0.3, 0.4) is 0 Å². The van der Waals surface area contributed by atoms with Gasteiger partial charge in [-0.25, -0.2) is 4.79 Å². The molecule has 212 valence electrons. The normalized spacial score (nSPS) is 22.8. The molecule has 5 amide bonds. The highest BCUT2D eigenvalue weighted by Crippen LogP contribution is 2.43. The summed E-state index contributed by atoms with van der Waals surface area (Å²) in [4.78, 5) is 66.7. The van der Waals surface area contributed by atoms with Crippen LogP contribution in [0.5, 0.6) is 0 Å². The van der Waals surface area contributed by atoms with Gasteiger partial charge in [-0.1, -0.05) is 36.8 Å². The molecule has 1 heterocycles. The lowest BCUT2D eigenvalue weighted by atomic mass is 9.92. The van der Waals surface area contributed by atoms with Gasteiger partial charge in [0, 0.05) is 19.5 Å². The van der Waals surface area contributed by atoms with Crippen LogP contribution in [-0.2, 0) is 32.0 Å². The van der Waals surface area contributed by atoms with E-state index >= 15 is 0 Å². The summed E-state index contributed by atoms with van der Waals surface area (Å²) in [6, 6.07) is 4.23. The SMILES string of the molecule is C#CCCC(NC(=O)[C@@H]1[C@H]2CCC[C@H]2CN1C(=O)[C@@H](NC(N)=O)C1Cc2ccccc2C1)C(=O)C(=O)NCC=C. The molecule has 2 aliphatic carbocycles. The van der Waals surface area contributed by atoms with Gasteiger partial charge in [0.1, 0.15) is 12.1 Å². The van der Waals surface area contributed by atoms with Crippen molar-refractivity contribution in [1.29, 1.82) is 0 Å². The van der Waals surface area contributed by atoms with Crippen LogP contribution < -0.4 is 21.7 Å². The third-order valence-electron chi connectivity index (χ3n) is 8.40. The number of nitrogens with two attached hydrogens (primary N) is 1. The van der Waals surface area contributed by atoms with Gasteiger partial charge in [-0.15, -0.1) is 18.9 Å². The van der Waals surface area contributed by atoms with Gasteiger partial charge in [-0.05, 0) is 61.0 Å². The third-order valence-corrected chi connectivity index (χ3v) is 8.40. The lowest BCUT2D eigenvalue weighted by Gasteiger charge is -2.33. The zero-order valence-corrected chi connectivity index (χ0v) is 22.6. The maximum absolute atomic E-state index is 14.1. The van der Waals surface area contributed by atoms with Crippen molar-refractivity contribution in [2.45, 2.75) is 63.1 Å². The molecule has 0 spiro atoms. The van der Waals surface area contributed by atoms with E-state index in [-0.39, 0.29) is 43.0 Å². The molecule has 3 aliphatic rings. The minimum atomic E-state index is -1.13. The molecule has 1 unspecified atom stereocenters. The predicted octanol–water partition coefficient (Wildman–Crippen LogP) is 0.835. The molecular formula is C30H37N5O5. The molecule has 2 fully saturated rings. The summed E-state index contributed by atoms with van der Waals surface area (Å²) in [5.74, 6) is -0.222. The number of amides is 5. The average Bonchev–Trinajstić information content (AvgIpc) is 3.66. The highest BCUT2D eigenvalue weighted by atomic mass is 16.2. The Balaban J connectivity index is 1.56. The van der Waals surface area contributed by atoms with E-state index in [9.17, 15) is 24.0 Å². The summed E-state index contributed by atoms with van der Waals surface area (Å²) in [6.45, 7) is 4.00.